The van der Waals surface area contributed by atoms with E-state index in [-0.39, 0.29) is 41.3 Å². The summed E-state index contributed by atoms with van der Waals surface area (Å²) in [6.07, 6.45) is -7.85. The Kier molecular flexibility index (Phi) is 9.18. The van der Waals surface area contributed by atoms with E-state index in [0.717, 1.165) is 11.1 Å². The maximum absolute atomic E-state index is 10.5. The van der Waals surface area contributed by atoms with Crippen LogP contribution in [0.2, 0.25) is 0 Å². The summed E-state index contributed by atoms with van der Waals surface area (Å²) < 4.78 is 51.8. The van der Waals surface area contributed by atoms with Gasteiger partial charge in [0.1, 0.15) is 24.4 Å². The lowest BCUT2D eigenvalue weighted by molar-refractivity contribution is -0.277. The molecule has 13 heteroatoms. The lowest BCUT2D eigenvalue weighted by atomic mass is 9.84. The Balaban J connectivity index is 1.40. The van der Waals surface area contributed by atoms with Gasteiger partial charge < -0.3 is 63.1 Å². The molecular formula is C29H38O13. The van der Waals surface area contributed by atoms with Crippen LogP contribution in [0.5, 0.6) is 34.5 Å². The van der Waals surface area contributed by atoms with Gasteiger partial charge in [-0.15, -0.1) is 0 Å². The van der Waals surface area contributed by atoms with Crippen molar-refractivity contribution >= 4 is 0 Å². The monoisotopic (exact) mass is 594 g/mol. The Hall–Kier alpha value is -3.04. The summed E-state index contributed by atoms with van der Waals surface area (Å²) in [7, 11) is 7.60. The Morgan fingerprint density at radius 1 is 0.643 bits per heavy atom. The molecule has 0 unspecified atom stereocenters. The molecule has 4 N–H and O–H groups in total. The highest BCUT2D eigenvalue weighted by molar-refractivity contribution is 5.56. The lowest BCUT2D eigenvalue weighted by Gasteiger charge is -2.39. The minimum atomic E-state index is -1.60. The molecule has 3 saturated heterocycles. The van der Waals surface area contributed by atoms with Gasteiger partial charge in [-0.2, -0.15) is 0 Å². The highest BCUT2D eigenvalue weighted by atomic mass is 16.7. The van der Waals surface area contributed by atoms with Crippen molar-refractivity contribution in [1.82, 2.24) is 0 Å². The molecule has 3 aliphatic heterocycles. The van der Waals surface area contributed by atoms with Crippen molar-refractivity contribution in [2.24, 2.45) is 11.8 Å². The first-order valence-corrected chi connectivity index (χ1v) is 13.6. The normalized spacial score (nSPS) is 32.3. The maximum Gasteiger partial charge on any atom is 0.229 e. The van der Waals surface area contributed by atoms with Crippen LogP contribution < -0.4 is 28.4 Å². The minimum absolute atomic E-state index is 0.0146. The van der Waals surface area contributed by atoms with Gasteiger partial charge in [-0.25, -0.2) is 0 Å². The molecule has 2 aromatic rings. The summed E-state index contributed by atoms with van der Waals surface area (Å²) >= 11 is 0. The predicted molar refractivity (Wildman–Crippen MR) is 144 cm³/mol. The van der Waals surface area contributed by atoms with Crippen molar-refractivity contribution in [3.05, 3.63) is 35.4 Å². The standard InChI is InChI=1S/C29H38O13/c1-34-17-6-13(7-18(35-2)27(17)38-5)25-15-11-40-26(16(15)12-39-25)14-8-19(36-3)28(20(9-14)37-4)42-29-24(33)23(32)22(31)21(10-30)41-29/h6-9,15-16,21-26,29-33H,10-12H2,1-5H3/t15-,16+,21+,22+,23+,24+,25+,26+,29-/m0/s1. The summed E-state index contributed by atoms with van der Waals surface area (Å²) in [5.74, 6) is 2.30. The van der Waals surface area contributed by atoms with Crippen molar-refractivity contribution in [1.29, 1.82) is 0 Å². The number of benzene rings is 2. The Morgan fingerprint density at radius 2 is 1.10 bits per heavy atom. The predicted octanol–water partition coefficient (Wildman–Crippen LogP) is 0.984. The summed E-state index contributed by atoms with van der Waals surface area (Å²) in [5.41, 5.74) is 1.66. The fraction of sp³-hybridized carbons (Fsp3) is 0.586. The smallest absolute Gasteiger partial charge is 0.229 e. The molecule has 0 bridgehead atoms. The lowest BCUT2D eigenvalue weighted by Crippen LogP contribution is -2.60. The van der Waals surface area contributed by atoms with Gasteiger partial charge in [-0.1, -0.05) is 0 Å². The number of hydrogen-bond acceptors (Lipinski definition) is 13. The summed E-state index contributed by atoms with van der Waals surface area (Å²) in [4.78, 5) is 0. The molecule has 13 nitrogen and oxygen atoms in total. The summed E-state index contributed by atoms with van der Waals surface area (Å²) in [6, 6.07) is 7.28. The number of ether oxygens (including phenoxy) is 9. The fourth-order valence-electron chi connectivity index (χ4n) is 5.96. The molecule has 9 atom stereocenters. The van der Waals surface area contributed by atoms with Gasteiger partial charge in [0.15, 0.2) is 23.0 Å². The van der Waals surface area contributed by atoms with Crippen LogP contribution in [0.4, 0.5) is 0 Å². The topological polar surface area (TPSA) is 164 Å². The molecule has 0 aromatic heterocycles. The van der Waals surface area contributed by atoms with Crippen LogP contribution in [0.15, 0.2) is 24.3 Å². The molecule has 0 amide bonds. The van der Waals surface area contributed by atoms with E-state index in [1.54, 1.807) is 33.5 Å². The van der Waals surface area contributed by atoms with Crippen LogP contribution >= 0.6 is 0 Å². The van der Waals surface area contributed by atoms with Crippen molar-refractivity contribution in [2.75, 3.05) is 55.4 Å². The van der Waals surface area contributed by atoms with Crippen molar-refractivity contribution in [3.8, 4) is 34.5 Å². The van der Waals surface area contributed by atoms with E-state index in [1.165, 1.54) is 14.2 Å². The first-order valence-electron chi connectivity index (χ1n) is 13.6. The van der Waals surface area contributed by atoms with Crippen LogP contribution in [0.1, 0.15) is 23.3 Å². The molecule has 0 saturated carbocycles. The van der Waals surface area contributed by atoms with E-state index in [0.29, 0.717) is 30.5 Å². The van der Waals surface area contributed by atoms with Gasteiger partial charge in [-0.05, 0) is 35.4 Å². The van der Waals surface area contributed by atoms with Crippen molar-refractivity contribution in [3.63, 3.8) is 0 Å². The Labute approximate surface area is 243 Å². The van der Waals surface area contributed by atoms with Gasteiger partial charge in [0.05, 0.1) is 67.6 Å². The second kappa shape index (κ2) is 12.7. The van der Waals surface area contributed by atoms with E-state index in [1.807, 2.05) is 12.1 Å². The summed E-state index contributed by atoms with van der Waals surface area (Å²) in [6.45, 7) is 0.313. The van der Waals surface area contributed by atoms with Gasteiger partial charge in [0.2, 0.25) is 17.8 Å². The number of aliphatic hydroxyl groups is 4. The average molecular weight is 595 g/mol. The van der Waals surface area contributed by atoms with Crippen molar-refractivity contribution in [2.45, 2.75) is 42.9 Å². The SMILES string of the molecule is COc1cc([C@H]2OC[C@@H]3[C@@H]2CO[C@@H]3c2cc(OC)c(O[C@@H]3O[C@H](CO)[C@@H](O)[C@@H](O)[C@H]3O)c(OC)c2)cc(OC)c1OC. The molecular weight excluding hydrogens is 556 g/mol. The number of aliphatic hydroxyl groups excluding tert-OH is 4. The number of methoxy groups -OCH3 is 5. The van der Waals surface area contributed by atoms with E-state index in [4.69, 9.17) is 42.6 Å². The van der Waals surface area contributed by atoms with E-state index in [2.05, 4.69) is 0 Å². The zero-order valence-electron chi connectivity index (χ0n) is 24.1. The van der Waals surface area contributed by atoms with Gasteiger partial charge in [0, 0.05) is 11.8 Å². The number of hydrogen-bond donors (Lipinski definition) is 4. The molecule has 2 aromatic carbocycles. The van der Waals surface area contributed by atoms with E-state index in [9.17, 15) is 20.4 Å². The summed E-state index contributed by atoms with van der Waals surface area (Å²) in [5, 5.41) is 40.3. The van der Waals surface area contributed by atoms with E-state index >= 15 is 0 Å². The van der Waals surface area contributed by atoms with Crippen LogP contribution in [0.25, 0.3) is 0 Å². The third-order valence-corrected chi connectivity index (χ3v) is 8.17. The Morgan fingerprint density at radius 3 is 1.50 bits per heavy atom. The van der Waals surface area contributed by atoms with Crippen LogP contribution in [-0.2, 0) is 14.2 Å². The third kappa shape index (κ3) is 5.30. The zero-order valence-corrected chi connectivity index (χ0v) is 24.1. The minimum Gasteiger partial charge on any atom is -0.493 e. The molecule has 3 aliphatic rings. The first kappa shape index (κ1) is 30.4. The second-order valence-corrected chi connectivity index (χ2v) is 10.4. The van der Waals surface area contributed by atoms with Crippen LogP contribution in [0.3, 0.4) is 0 Å². The third-order valence-electron chi connectivity index (χ3n) is 8.17. The highest BCUT2D eigenvalue weighted by Gasteiger charge is 2.49. The molecule has 0 radical (unpaired) electrons. The number of rotatable bonds is 10. The molecule has 5 rings (SSSR count). The molecule has 0 aliphatic carbocycles. The molecule has 3 heterocycles. The molecule has 232 valence electrons. The highest BCUT2D eigenvalue weighted by Crippen LogP contribution is 2.53. The first-order chi connectivity index (χ1) is 20.3. The Bertz CT molecular complexity index is 1190. The maximum atomic E-state index is 10.5. The van der Waals surface area contributed by atoms with Crippen LogP contribution in [-0.4, -0.2) is 107 Å². The molecule has 42 heavy (non-hydrogen) atoms. The largest absolute Gasteiger partial charge is 0.493 e. The van der Waals surface area contributed by atoms with Crippen molar-refractivity contribution < 1.29 is 63.1 Å². The van der Waals surface area contributed by atoms with E-state index < -0.39 is 37.3 Å². The second-order valence-electron chi connectivity index (χ2n) is 10.4. The molecule has 0 spiro atoms. The quantitative estimate of drug-likeness (QED) is 0.308. The van der Waals surface area contributed by atoms with Crippen LogP contribution in [0, 0.1) is 11.8 Å². The fourth-order valence-corrected chi connectivity index (χ4v) is 5.96. The number of fused-ring (bicyclic) bond motifs is 1. The van der Waals surface area contributed by atoms with Gasteiger partial charge in [0.25, 0.3) is 0 Å². The zero-order chi connectivity index (χ0) is 30.1. The van der Waals surface area contributed by atoms with Gasteiger partial charge >= 0.3 is 0 Å². The van der Waals surface area contributed by atoms with Gasteiger partial charge in [-0.3, -0.25) is 0 Å². The average Bonchev–Trinajstić information content (AvgIpc) is 3.63. The molecule has 3 fully saturated rings.